The lowest BCUT2D eigenvalue weighted by Crippen LogP contribution is -2.46. The third-order valence-corrected chi connectivity index (χ3v) is 3.81. The van der Waals surface area contributed by atoms with Gasteiger partial charge in [-0.1, -0.05) is 12.1 Å². The van der Waals surface area contributed by atoms with E-state index in [0.717, 1.165) is 0 Å². The van der Waals surface area contributed by atoms with Crippen LogP contribution in [0, 0.1) is 0 Å². The Morgan fingerprint density at radius 2 is 1.69 bits per heavy atom. The Kier molecular flexibility index (Phi) is 5.26. The summed E-state index contributed by atoms with van der Waals surface area (Å²) in [7, 11) is 1.29. The number of hydrogen-bond donors (Lipinski definition) is 1. The highest BCUT2D eigenvalue weighted by atomic mass is 16.6. The van der Waals surface area contributed by atoms with E-state index in [4.69, 9.17) is 14.2 Å². The number of nitrogens with one attached hydrogen (secondary N) is 1. The standard InChI is InChI=1S/C19H19NO6/c1-12-18(26-16-6-4-3-5-15(16)25-12)19(22)20-13-7-9-14(10-8-13)24-11-17(21)23-2/h3-10,12,18H,11H2,1-2H3,(H,20,22). The van der Waals surface area contributed by atoms with Crippen LogP contribution in [-0.4, -0.2) is 37.8 Å². The molecule has 0 aromatic heterocycles. The molecule has 2 atom stereocenters. The Bertz CT molecular complexity index is 789. The van der Waals surface area contributed by atoms with Crippen molar-refractivity contribution in [3.8, 4) is 17.2 Å². The van der Waals surface area contributed by atoms with Gasteiger partial charge in [0.05, 0.1) is 7.11 Å². The van der Waals surface area contributed by atoms with Gasteiger partial charge < -0.3 is 24.3 Å². The minimum Gasteiger partial charge on any atom is -0.482 e. The number of esters is 1. The highest BCUT2D eigenvalue weighted by Crippen LogP contribution is 2.33. The van der Waals surface area contributed by atoms with Gasteiger partial charge in [-0.05, 0) is 43.3 Å². The molecule has 0 radical (unpaired) electrons. The molecule has 0 bridgehead atoms. The lowest BCUT2D eigenvalue weighted by atomic mass is 10.1. The fraction of sp³-hybridized carbons (Fsp3) is 0.263. The Balaban J connectivity index is 1.60. The van der Waals surface area contributed by atoms with Crippen LogP contribution in [0.2, 0.25) is 0 Å². The van der Waals surface area contributed by atoms with E-state index < -0.39 is 18.2 Å². The van der Waals surface area contributed by atoms with Crippen LogP contribution in [0.4, 0.5) is 5.69 Å². The third-order valence-electron chi connectivity index (χ3n) is 3.81. The summed E-state index contributed by atoms with van der Waals surface area (Å²) >= 11 is 0. The number of para-hydroxylation sites is 2. The Morgan fingerprint density at radius 3 is 2.35 bits per heavy atom. The molecule has 1 aliphatic heterocycles. The quantitative estimate of drug-likeness (QED) is 0.828. The van der Waals surface area contributed by atoms with Crippen molar-refractivity contribution >= 4 is 17.6 Å². The molecule has 2 aromatic carbocycles. The molecule has 2 aromatic rings. The van der Waals surface area contributed by atoms with Gasteiger partial charge in [-0.3, -0.25) is 4.79 Å². The number of anilines is 1. The number of benzene rings is 2. The first-order chi connectivity index (χ1) is 12.6. The van der Waals surface area contributed by atoms with E-state index in [1.165, 1.54) is 7.11 Å². The van der Waals surface area contributed by atoms with E-state index >= 15 is 0 Å². The molecule has 0 spiro atoms. The second-order valence-corrected chi connectivity index (χ2v) is 5.69. The zero-order chi connectivity index (χ0) is 18.5. The van der Waals surface area contributed by atoms with Crippen molar-refractivity contribution in [2.75, 3.05) is 19.0 Å². The van der Waals surface area contributed by atoms with Crippen molar-refractivity contribution in [1.29, 1.82) is 0 Å². The average Bonchev–Trinajstić information content (AvgIpc) is 2.66. The molecule has 0 fully saturated rings. The highest BCUT2D eigenvalue weighted by molar-refractivity contribution is 5.95. The third kappa shape index (κ3) is 4.05. The maximum absolute atomic E-state index is 12.5. The monoisotopic (exact) mass is 357 g/mol. The van der Waals surface area contributed by atoms with Crippen LogP contribution in [0.3, 0.4) is 0 Å². The number of carbonyl (C=O) groups excluding carboxylic acids is 2. The number of rotatable bonds is 5. The molecule has 1 N–H and O–H groups in total. The van der Waals surface area contributed by atoms with Gasteiger partial charge in [0.15, 0.2) is 18.1 Å². The number of carbonyl (C=O) groups is 2. The second-order valence-electron chi connectivity index (χ2n) is 5.69. The summed E-state index contributed by atoms with van der Waals surface area (Å²) in [6.45, 7) is 1.61. The predicted octanol–water partition coefficient (Wildman–Crippen LogP) is 2.41. The lowest BCUT2D eigenvalue weighted by molar-refractivity contribution is -0.142. The molecule has 0 saturated heterocycles. The van der Waals surface area contributed by atoms with Gasteiger partial charge in [0.1, 0.15) is 11.9 Å². The van der Waals surface area contributed by atoms with Crippen molar-refractivity contribution < 1.29 is 28.5 Å². The molecule has 2 unspecified atom stereocenters. The summed E-state index contributed by atoms with van der Waals surface area (Å²) in [5.74, 6) is 0.878. The van der Waals surface area contributed by atoms with Gasteiger partial charge in [0.25, 0.3) is 5.91 Å². The SMILES string of the molecule is COC(=O)COc1ccc(NC(=O)C2Oc3ccccc3OC2C)cc1. The van der Waals surface area contributed by atoms with Gasteiger partial charge in [0.2, 0.25) is 6.10 Å². The van der Waals surface area contributed by atoms with Gasteiger partial charge >= 0.3 is 5.97 Å². The van der Waals surface area contributed by atoms with Gasteiger partial charge in [0, 0.05) is 5.69 Å². The van der Waals surface area contributed by atoms with E-state index in [0.29, 0.717) is 22.9 Å². The zero-order valence-electron chi connectivity index (χ0n) is 14.4. The maximum atomic E-state index is 12.5. The summed E-state index contributed by atoms with van der Waals surface area (Å²) in [5, 5.41) is 2.78. The molecule has 0 saturated carbocycles. The fourth-order valence-electron chi connectivity index (χ4n) is 2.46. The van der Waals surface area contributed by atoms with Crippen LogP contribution in [0.5, 0.6) is 17.2 Å². The number of fused-ring (bicyclic) bond motifs is 1. The van der Waals surface area contributed by atoms with E-state index in [1.54, 1.807) is 43.3 Å². The van der Waals surface area contributed by atoms with Gasteiger partial charge in [-0.25, -0.2) is 4.79 Å². The molecule has 1 aliphatic rings. The van der Waals surface area contributed by atoms with Gasteiger partial charge in [-0.2, -0.15) is 0 Å². The van der Waals surface area contributed by atoms with Crippen LogP contribution in [-0.2, 0) is 14.3 Å². The first kappa shape index (κ1) is 17.6. The highest BCUT2D eigenvalue weighted by Gasteiger charge is 2.34. The Morgan fingerprint density at radius 1 is 1.04 bits per heavy atom. The number of ether oxygens (including phenoxy) is 4. The second kappa shape index (κ2) is 7.77. The summed E-state index contributed by atoms with van der Waals surface area (Å²) in [6.07, 6.45) is -1.19. The molecular weight excluding hydrogens is 338 g/mol. The van der Waals surface area contributed by atoms with Crippen LogP contribution in [0.1, 0.15) is 6.92 Å². The maximum Gasteiger partial charge on any atom is 0.343 e. The largest absolute Gasteiger partial charge is 0.482 e. The average molecular weight is 357 g/mol. The molecule has 3 rings (SSSR count). The van der Waals surface area contributed by atoms with Crippen LogP contribution < -0.4 is 19.5 Å². The zero-order valence-corrected chi connectivity index (χ0v) is 14.4. The number of methoxy groups -OCH3 is 1. The van der Waals surface area contributed by atoms with Gasteiger partial charge in [-0.15, -0.1) is 0 Å². The first-order valence-corrected chi connectivity index (χ1v) is 8.09. The molecule has 1 amide bonds. The number of amides is 1. The molecule has 0 aliphatic carbocycles. The normalized spacial score (nSPS) is 17.9. The van der Waals surface area contributed by atoms with Crippen molar-refractivity contribution in [1.82, 2.24) is 0 Å². The summed E-state index contributed by atoms with van der Waals surface area (Å²) in [6, 6.07) is 13.9. The lowest BCUT2D eigenvalue weighted by Gasteiger charge is -2.31. The van der Waals surface area contributed by atoms with Crippen molar-refractivity contribution in [2.24, 2.45) is 0 Å². The van der Waals surface area contributed by atoms with E-state index in [-0.39, 0.29) is 12.5 Å². The van der Waals surface area contributed by atoms with Crippen LogP contribution in [0.15, 0.2) is 48.5 Å². The molecular formula is C19H19NO6. The first-order valence-electron chi connectivity index (χ1n) is 8.09. The van der Waals surface area contributed by atoms with E-state index in [9.17, 15) is 9.59 Å². The minimum absolute atomic E-state index is 0.174. The molecule has 136 valence electrons. The summed E-state index contributed by atoms with van der Waals surface area (Å²) in [5.41, 5.74) is 0.579. The van der Waals surface area contributed by atoms with E-state index in [1.807, 2.05) is 12.1 Å². The Hall–Kier alpha value is -3.22. The minimum atomic E-state index is -0.764. The molecule has 26 heavy (non-hydrogen) atoms. The topological polar surface area (TPSA) is 83.1 Å². The van der Waals surface area contributed by atoms with Crippen molar-refractivity contribution in [2.45, 2.75) is 19.1 Å². The summed E-state index contributed by atoms with van der Waals surface area (Å²) < 4.78 is 21.3. The van der Waals surface area contributed by atoms with Crippen LogP contribution >= 0.6 is 0 Å². The van der Waals surface area contributed by atoms with Crippen molar-refractivity contribution in [3.05, 3.63) is 48.5 Å². The molecule has 7 heteroatoms. The summed E-state index contributed by atoms with van der Waals surface area (Å²) in [4.78, 5) is 23.6. The molecule has 7 nitrogen and oxygen atoms in total. The fourth-order valence-corrected chi connectivity index (χ4v) is 2.46. The Labute approximate surface area is 150 Å². The smallest absolute Gasteiger partial charge is 0.343 e. The van der Waals surface area contributed by atoms with Crippen molar-refractivity contribution in [3.63, 3.8) is 0 Å². The van der Waals surface area contributed by atoms with Crippen LogP contribution in [0.25, 0.3) is 0 Å². The molecule has 1 heterocycles. The number of hydrogen-bond acceptors (Lipinski definition) is 6. The van der Waals surface area contributed by atoms with E-state index in [2.05, 4.69) is 10.1 Å². The predicted molar refractivity (Wildman–Crippen MR) is 93.5 cm³/mol.